The molecule has 1 aromatic heterocycles. The van der Waals surface area contributed by atoms with Gasteiger partial charge < -0.3 is 5.73 Å². The van der Waals surface area contributed by atoms with E-state index in [1.54, 1.807) is 18.5 Å². The molecule has 0 aliphatic carbocycles. The minimum atomic E-state index is -3.68. The van der Waals surface area contributed by atoms with Crippen molar-refractivity contribution >= 4 is 27.3 Å². The minimum absolute atomic E-state index is 0.0140. The maximum Gasteiger partial charge on any atom is 0.242 e. The fourth-order valence-corrected chi connectivity index (χ4v) is 3.24. The van der Waals surface area contributed by atoms with E-state index in [4.69, 9.17) is 17.3 Å². The molecule has 2 aromatic rings. The van der Waals surface area contributed by atoms with E-state index >= 15 is 0 Å². The zero-order valence-corrected chi connectivity index (χ0v) is 12.4. The maximum absolute atomic E-state index is 12.2. The topological polar surface area (TPSA) is 85.1 Å². The fourth-order valence-electron chi connectivity index (χ4n) is 1.69. The number of halogens is 1. The molecule has 0 saturated carbocycles. The summed E-state index contributed by atoms with van der Waals surface area (Å²) in [4.78, 5) is 3.97. The molecule has 1 heterocycles. The first-order chi connectivity index (χ1) is 9.40. The van der Waals surface area contributed by atoms with Crippen molar-refractivity contribution in [2.45, 2.75) is 18.4 Å². The standard InChI is InChI=1S/C13H14ClN3O2S/c1-9-7-16-5-4-10(9)8-17-20(18,19)13-3-2-11(15)6-12(13)14/h2-7,17H,8,15H2,1H3. The number of rotatable bonds is 4. The zero-order valence-electron chi connectivity index (χ0n) is 10.8. The molecule has 0 aliphatic heterocycles. The van der Waals surface area contributed by atoms with Gasteiger partial charge in [-0.15, -0.1) is 0 Å². The summed E-state index contributed by atoms with van der Waals surface area (Å²) in [7, 11) is -3.68. The van der Waals surface area contributed by atoms with Gasteiger partial charge in [-0.25, -0.2) is 13.1 Å². The molecule has 0 amide bonds. The van der Waals surface area contributed by atoms with Gasteiger partial charge in [-0.3, -0.25) is 4.98 Å². The van der Waals surface area contributed by atoms with Gasteiger partial charge in [0.2, 0.25) is 10.0 Å². The normalized spacial score (nSPS) is 11.5. The number of hydrogen-bond acceptors (Lipinski definition) is 4. The molecule has 0 atom stereocenters. The van der Waals surface area contributed by atoms with Crippen molar-refractivity contribution in [2.24, 2.45) is 0 Å². The van der Waals surface area contributed by atoms with E-state index < -0.39 is 10.0 Å². The Bertz CT molecular complexity index is 732. The Labute approximate surface area is 122 Å². The molecule has 0 radical (unpaired) electrons. The highest BCUT2D eigenvalue weighted by atomic mass is 35.5. The predicted octanol–water partition coefficient (Wildman–Crippen LogP) is 2.10. The summed E-state index contributed by atoms with van der Waals surface area (Å²) < 4.78 is 26.9. The van der Waals surface area contributed by atoms with Crippen molar-refractivity contribution in [3.05, 3.63) is 52.8 Å². The number of anilines is 1. The van der Waals surface area contributed by atoms with Crippen LogP contribution in [-0.2, 0) is 16.6 Å². The molecule has 7 heteroatoms. The first-order valence-corrected chi connectivity index (χ1v) is 7.70. The van der Waals surface area contributed by atoms with E-state index in [0.29, 0.717) is 5.69 Å². The number of nitrogen functional groups attached to an aromatic ring is 1. The monoisotopic (exact) mass is 311 g/mol. The number of hydrogen-bond donors (Lipinski definition) is 2. The molecule has 5 nitrogen and oxygen atoms in total. The number of nitrogens with zero attached hydrogens (tertiary/aromatic N) is 1. The van der Waals surface area contributed by atoms with E-state index in [9.17, 15) is 8.42 Å². The number of aromatic nitrogens is 1. The molecule has 1 aromatic carbocycles. The molecular formula is C13H14ClN3O2S. The van der Waals surface area contributed by atoms with Gasteiger partial charge in [0.1, 0.15) is 4.90 Å². The summed E-state index contributed by atoms with van der Waals surface area (Å²) >= 11 is 5.92. The first kappa shape index (κ1) is 14.8. The van der Waals surface area contributed by atoms with Crippen molar-refractivity contribution in [1.29, 1.82) is 0 Å². The van der Waals surface area contributed by atoms with Gasteiger partial charge in [0.15, 0.2) is 0 Å². The van der Waals surface area contributed by atoms with Crippen LogP contribution in [0, 0.1) is 6.92 Å². The van der Waals surface area contributed by atoms with Crippen molar-refractivity contribution < 1.29 is 8.42 Å². The van der Waals surface area contributed by atoms with Crippen LogP contribution >= 0.6 is 11.6 Å². The number of nitrogens with two attached hydrogens (primary N) is 1. The van der Waals surface area contributed by atoms with E-state index in [1.165, 1.54) is 18.2 Å². The van der Waals surface area contributed by atoms with Gasteiger partial charge in [-0.1, -0.05) is 11.6 Å². The summed E-state index contributed by atoms with van der Waals surface area (Å²) in [6, 6.07) is 6.06. The van der Waals surface area contributed by atoms with Crippen molar-refractivity contribution in [2.75, 3.05) is 5.73 Å². The van der Waals surface area contributed by atoms with Crippen LogP contribution in [0.2, 0.25) is 5.02 Å². The Kier molecular flexibility index (Phi) is 4.27. The summed E-state index contributed by atoms with van der Waals surface area (Å²) in [5.74, 6) is 0. The number of sulfonamides is 1. The Morgan fingerprint density at radius 1 is 1.35 bits per heavy atom. The van der Waals surface area contributed by atoms with E-state index in [2.05, 4.69) is 9.71 Å². The fraction of sp³-hybridized carbons (Fsp3) is 0.154. The van der Waals surface area contributed by atoms with E-state index in [0.717, 1.165) is 11.1 Å². The molecule has 0 saturated heterocycles. The lowest BCUT2D eigenvalue weighted by Crippen LogP contribution is -2.24. The van der Waals surface area contributed by atoms with Gasteiger partial charge in [0.25, 0.3) is 0 Å². The Hall–Kier alpha value is -1.63. The first-order valence-electron chi connectivity index (χ1n) is 5.84. The van der Waals surface area contributed by atoms with Gasteiger partial charge in [0.05, 0.1) is 5.02 Å². The highest BCUT2D eigenvalue weighted by Crippen LogP contribution is 2.23. The smallest absolute Gasteiger partial charge is 0.242 e. The second-order valence-electron chi connectivity index (χ2n) is 4.32. The molecule has 106 valence electrons. The van der Waals surface area contributed by atoms with Crippen LogP contribution in [0.15, 0.2) is 41.6 Å². The average molecular weight is 312 g/mol. The van der Waals surface area contributed by atoms with Crippen molar-refractivity contribution in [1.82, 2.24) is 9.71 Å². The Balaban J connectivity index is 2.22. The maximum atomic E-state index is 12.2. The second-order valence-corrected chi connectivity index (χ2v) is 6.46. The molecule has 0 bridgehead atoms. The summed E-state index contributed by atoms with van der Waals surface area (Å²) in [5, 5.41) is 0.101. The van der Waals surface area contributed by atoms with Gasteiger partial charge >= 0.3 is 0 Å². The Morgan fingerprint density at radius 3 is 2.75 bits per heavy atom. The highest BCUT2D eigenvalue weighted by molar-refractivity contribution is 7.89. The third kappa shape index (κ3) is 3.27. The predicted molar refractivity (Wildman–Crippen MR) is 78.9 cm³/mol. The van der Waals surface area contributed by atoms with E-state index in [-0.39, 0.29) is 16.5 Å². The van der Waals surface area contributed by atoms with Crippen molar-refractivity contribution in [3.8, 4) is 0 Å². The third-order valence-electron chi connectivity index (χ3n) is 2.83. The summed E-state index contributed by atoms with van der Waals surface area (Å²) in [6.07, 6.45) is 3.30. The number of benzene rings is 1. The largest absolute Gasteiger partial charge is 0.399 e. The SMILES string of the molecule is Cc1cnccc1CNS(=O)(=O)c1ccc(N)cc1Cl. The highest BCUT2D eigenvalue weighted by Gasteiger charge is 2.17. The van der Waals surface area contributed by atoms with Crippen LogP contribution in [-0.4, -0.2) is 13.4 Å². The lowest BCUT2D eigenvalue weighted by Gasteiger charge is -2.10. The number of aryl methyl sites for hydroxylation is 1. The summed E-state index contributed by atoms with van der Waals surface area (Å²) in [5.41, 5.74) is 7.74. The quantitative estimate of drug-likeness (QED) is 0.847. The second kappa shape index (κ2) is 5.78. The Morgan fingerprint density at radius 2 is 2.10 bits per heavy atom. The summed E-state index contributed by atoms with van der Waals surface area (Å²) in [6.45, 7) is 2.05. The van der Waals surface area contributed by atoms with Gasteiger partial charge in [0, 0.05) is 24.6 Å². The van der Waals surface area contributed by atoms with E-state index in [1.807, 2.05) is 6.92 Å². The molecule has 20 heavy (non-hydrogen) atoms. The van der Waals surface area contributed by atoms with Crippen LogP contribution in [0.25, 0.3) is 0 Å². The van der Waals surface area contributed by atoms with Crippen LogP contribution in [0.1, 0.15) is 11.1 Å². The van der Waals surface area contributed by atoms with Gasteiger partial charge in [-0.05, 0) is 42.3 Å². The molecule has 0 spiro atoms. The van der Waals surface area contributed by atoms with Crippen LogP contribution in [0.4, 0.5) is 5.69 Å². The molecule has 0 fully saturated rings. The van der Waals surface area contributed by atoms with Crippen LogP contribution in [0.5, 0.6) is 0 Å². The molecule has 0 unspecified atom stereocenters. The average Bonchev–Trinajstić information content (AvgIpc) is 2.37. The van der Waals surface area contributed by atoms with Crippen LogP contribution in [0.3, 0.4) is 0 Å². The molecule has 2 rings (SSSR count). The van der Waals surface area contributed by atoms with Gasteiger partial charge in [-0.2, -0.15) is 0 Å². The molecule has 0 aliphatic rings. The molecular weight excluding hydrogens is 298 g/mol. The minimum Gasteiger partial charge on any atom is -0.399 e. The van der Waals surface area contributed by atoms with Crippen LogP contribution < -0.4 is 10.5 Å². The zero-order chi connectivity index (χ0) is 14.8. The number of nitrogens with one attached hydrogen (secondary N) is 1. The lowest BCUT2D eigenvalue weighted by molar-refractivity contribution is 0.581. The molecule has 3 N–H and O–H groups in total. The third-order valence-corrected chi connectivity index (χ3v) is 4.72. The lowest BCUT2D eigenvalue weighted by atomic mass is 10.2. The number of pyridine rings is 1. The van der Waals surface area contributed by atoms with Crippen molar-refractivity contribution in [3.63, 3.8) is 0 Å².